The first-order valence-electron chi connectivity index (χ1n) is 12.8. The molecule has 5 rings (SSSR count). The summed E-state index contributed by atoms with van der Waals surface area (Å²) in [5.41, 5.74) is 0.553. The lowest BCUT2D eigenvalue weighted by Gasteiger charge is -2.46. The van der Waals surface area contributed by atoms with Gasteiger partial charge in [-0.25, -0.2) is 4.39 Å². The van der Waals surface area contributed by atoms with Crippen LogP contribution in [0.2, 0.25) is 0 Å². The Bertz CT molecular complexity index is 1430. The number of aromatic hydroxyl groups is 1. The van der Waals surface area contributed by atoms with Gasteiger partial charge in [0.2, 0.25) is 11.7 Å². The van der Waals surface area contributed by atoms with E-state index in [1.807, 2.05) is 13.8 Å². The number of aliphatic hydroxyl groups excluding tert-OH is 2. The van der Waals surface area contributed by atoms with Crippen molar-refractivity contribution in [3.63, 3.8) is 0 Å². The Kier molecular flexibility index (Phi) is 6.11. The minimum absolute atomic E-state index is 0.0118. The maximum Gasteiger partial charge on any atom is 0.255 e. The molecule has 0 spiro atoms. The Morgan fingerprint density at radius 2 is 1.87 bits per heavy atom. The lowest BCUT2D eigenvalue weighted by atomic mass is 9.59. The molecule has 7 N–H and O–H groups in total. The summed E-state index contributed by atoms with van der Waals surface area (Å²) in [6.45, 7) is 3.79. The van der Waals surface area contributed by atoms with E-state index in [1.165, 1.54) is 0 Å². The lowest BCUT2D eigenvalue weighted by molar-refractivity contribution is -0.147. The van der Waals surface area contributed by atoms with Crippen LogP contribution in [0.3, 0.4) is 0 Å². The maximum absolute atomic E-state index is 16.1. The number of carbonyl (C=O) groups excluding carboxylic acids is 4. The highest BCUT2D eigenvalue weighted by molar-refractivity contribution is 6.22. The van der Waals surface area contributed by atoms with Crippen LogP contribution in [-0.4, -0.2) is 67.4 Å². The molecule has 0 bridgehead atoms. The smallest absolute Gasteiger partial charge is 0.255 e. The first-order chi connectivity index (χ1) is 18.2. The zero-order valence-electron chi connectivity index (χ0n) is 21.7. The molecule has 0 radical (unpaired) electrons. The van der Waals surface area contributed by atoms with Gasteiger partial charge >= 0.3 is 0 Å². The summed E-state index contributed by atoms with van der Waals surface area (Å²) >= 11 is 0. The summed E-state index contributed by atoms with van der Waals surface area (Å²) in [5.74, 6) is -9.27. The van der Waals surface area contributed by atoms with Crippen molar-refractivity contribution >= 4 is 34.8 Å². The van der Waals surface area contributed by atoms with Gasteiger partial charge in [-0.2, -0.15) is 0 Å². The highest BCUT2D eigenvalue weighted by atomic mass is 19.1. The zero-order chi connectivity index (χ0) is 28.7. The molecule has 5 atom stereocenters. The monoisotopic (exact) mass is 543 g/mol. The zero-order valence-corrected chi connectivity index (χ0v) is 21.7. The molecule has 1 heterocycles. The predicted octanol–water partition coefficient (Wildman–Crippen LogP) is 1.36. The Hall–Kier alpha value is -3.77. The number of aliphatic hydroxyl groups is 3. The van der Waals surface area contributed by atoms with Gasteiger partial charge in [-0.3, -0.25) is 24.1 Å². The van der Waals surface area contributed by atoms with Gasteiger partial charge < -0.3 is 31.5 Å². The fraction of sp³-hybridized carbons (Fsp3) is 0.481. The van der Waals surface area contributed by atoms with Crippen LogP contribution in [0.4, 0.5) is 10.1 Å². The van der Waals surface area contributed by atoms with Gasteiger partial charge in [0.15, 0.2) is 17.1 Å². The van der Waals surface area contributed by atoms with Gasteiger partial charge in [0.05, 0.1) is 17.3 Å². The number of amides is 2. The number of hydrogen-bond donors (Lipinski definition) is 6. The maximum atomic E-state index is 16.1. The molecule has 3 unspecified atom stereocenters. The van der Waals surface area contributed by atoms with Gasteiger partial charge in [-0.15, -0.1) is 0 Å². The number of Topliss-reactive ketones (excluding diaryl/α,β-unsaturated/α-hetero) is 2. The number of likely N-dealkylation sites (N-methyl/N-ethyl adjacent to an activating group) is 1. The van der Waals surface area contributed by atoms with Crippen molar-refractivity contribution in [3.8, 4) is 5.75 Å². The minimum atomic E-state index is -2.71. The van der Waals surface area contributed by atoms with Crippen LogP contribution in [-0.2, 0) is 32.1 Å². The molecule has 1 aliphatic heterocycles. The Morgan fingerprint density at radius 3 is 2.49 bits per heavy atom. The molecule has 39 heavy (non-hydrogen) atoms. The van der Waals surface area contributed by atoms with Crippen molar-refractivity contribution in [1.29, 1.82) is 0 Å². The second-order valence-corrected chi connectivity index (χ2v) is 11.0. The molecule has 3 aliphatic carbocycles. The molecule has 1 saturated carbocycles. The number of hydrogen-bond acceptors (Lipinski definition) is 9. The Morgan fingerprint density at radius 1 is 1.21 bits per heavy atom. The number of ketones is 2. The van der Waals surface area contributed by atoms with Crippen LogP contribution in [0, 0.1) is 23.6 Å². The molecular weight excluding hydrogens is 513 g/mol. The summed E-state index contributed by atoms with van der Waals surface area (Å²) in [4.78, 5) is 52.7. The lowest BCUT2D eigenvalue weighted by Crippen LogP contribution is -2.58. The number of fused-ring (bicyclic) bond motifs is 4. The number of benzene rings is 1. The fourth-order valence-corrected chi connectivity index (χ4v) is 6.71. The van der Waals surface area contributed by atoms with E-state index in [0.29, 0.717) is 6.42 Å². The Labute approximate surface area is 222 Å². The molecule has 4 aliphatic rings. The first-order valence-corrected chi connectivity index (χ1v) is 12.8. The Balaban J connectivity index is 1.68. The average molecular weight is 544 g/mol. The van der Waals surface area contributed by atoms with Crippen LogP contribution in [0.25, 0.3) is 5.76 Å². The molecule has 1 fully saturated rings. The van der Waals surface area contributed by atoms with E-state index in [0.717, 1.165) is 0 Å². The largest absolute Gasteiger partial charge is 0.508 e. The third-order valence-corrected chi connectivity index (χ3v) is 8.85. The quantitative estimate of drug-likeness (QED) is 0.241. The third kappa shape index (κ3) is 3.54. The molecule has 208 valence electrons. The highest BCUT2D eigenvalue weighted by Gasteiger charge is 2.60. The number of nitrogens with one attached hydrogen (secondary N) is 1. The van der Waals surface area contributed by atoms with Crippen LogP contribution < -0.4 is 11.1 Å². The highest BCUT2D eigenvalue weighted by Crippen LogP contribution is 2.54. The van der Waals surface area contributed by atoms with Gasteiger partial charge in [-0.05, 0) is 31.7 Å². The SMILES string of the molecule is CCC(C)C1C(=O)Nc2c(O)c3c(c(F)c2CN1C)CC1C[C@H]2CC(=O)C(C(N)=O)=C(O)[C@@]2(O)C(=O)C1=C3O. The molecule has 0 saturated heterocycles. The van der Waals surface area contributed by atoms with E-state index in [1.54, 1.807) is 11.9 Å². The summed E-state index contributed by atoms with van der Waals surface area (Å²) in [5, 5.41) is 47.1. The number of primary amides is 1. The third-order valence-electron chi connectivity index (χ3n) is 8.85. The molecule has 11 nitrogen and oxygen atoms in total. The topological polar surface area (TPSA) is 190 Å². The summed E-state index contributed by atoms with van der Waals surface area (Å²) < 4.78 is 16.1. The van der Waals surface area contributed by atoms with Crippen molar-refractivity contribution in [3.05, 3.63) is 39.4 Å². The fourth-order valence-electron chi connectivity index (χ4n) is 6.71. The normalized spacial score (nSPS) is 29.7. The van der Waals surface area contributed by atoms with Crippen LogP contribution in [0.5, 0.6) is 5.75 Å². The summed E-state index contributed by atoms with van der Waals surface area (Å²) in [6, 6.07) is -0.613. The van der Waals surface area contributed by atoms with E-state index < -0.39 is 87.5 Å². The average Bonchev–Trinajstić information content (AvgIpc) is 2.99. The van der Waals surface area contributed by atoms with Crippen molar-refractivity contribution < 1.29 is 44.0 Å². The van der Waals surface area contributed by atoms with Crippen molar-refractivity contribution in [2.75, 3.05) is 12.4 Å². The second kappa shape index (κ2) is 8.88. The summed E-state index contributed by atoms with van der Waals surface area (Å²) in [6.07, 6.45) is -0.0556. The van der Waals surface area contributed by atoms with Gasteiger partial charge in [0, 0.05) is 35.6 Å². The van der Waals surface area contributed by atoms with Gasteiger partial charge in [0.1, 0.15) is 22.9 Å². The van der Waals surface area contributed by atoms with Crippen molar-refractivity contribution in [2.24, 2.45) is 23.5 Å². The van der Waals surface area contributed by atoms with E-state index >= 15 is 4.39 Å². The number of phenols is 1. The molecular formula is C27H30FN3O8. The number of carbonyl (C=O) groups is 4. The molecule has 2 amide bonds. The number of phenolic OH excluding ortho intramolecular Hbond substituents is 1. The number of anilines is 1. The van der Waals surface area contributed by atoms with Gasteiger partial charge in [-0.1, -0.05) is 20.3 Å². The van der Waals surface area contributed by atoms with Crippen molar-refractivity contribution in [2.45, 2.75) is 57.7 Å². The minimum Gasteiger partial charge on any atom is -0.508 e. The number of halogens is 1. The van der Waals surface area contributed by atoms with Crippen LogP contribution >= 0.6 is 0 Å². The molecule has 12 heteroatoms. The number of nitrogens with two attached hydrogens (primary N) is 1. The molecule has 1 aromatic carbocycles. The van der Waals surface area contributed by atoms with E-state index in [2.05, 4.69) is 5.32 Å². The van der Waals surface area contributed by atoms with E-state index in [4.69, 9.17) is 5.73 Å². The van der Waals surface area contributed by atoms with Gasteiger partial charge in [0.25, 0.3) is 5.91 Å². The van der Waals surface area contributed by atoms with Crippen molar-refractivity contribution in [1.82, 2.24) is 4.90 Å². The first kappa shape index (κ1) is 26.8. The number of nitrogens with zero attached hydrogens (tertiary/aromatic N) is 1. The second-order valence-electron chi connectivity index (χ2n) is 11.0. The molecule has 0 aromatic heterocycles. The summed E-state index contributed by atoms with van der Waals surface area (Å²) in [7, 11) is 1.68. The molecule has 1 aromatic rings. The van der Waals surface area contributed by atoms with Crippen LogP contribution in [0.1, 0.15) is 49.8 Å². The van der Waals surface area contributed by atoms with E-state index in [-0.39, 0.29) is 47.7 Å². The predicted molar refractivity (Wildman–Crippen MR) is 135 cm³/mol. The standard InChI is InChI=1S/C27H30FN3O8/c1-4-9(2)20-26(38)30-19-13(8-31(20)3)18(28)12-6-10-5-11-7-14(32)17(25(29)37)24(36)27(11,39)23(35)15(10)21(33)16(12)22(19)34/h9-11,20,33-34,36,39H,4-8H2,1-3H3,(H2,29,37)(H,30,38)/t9?,10?,11-,20?,27-/m0/s1. The number of rotatable bonds is 3. The van der Waals surface area contributed by atoms with E-state index in [9.17, 15) is 39.6 Å². The van der Waals surface area contributed by atoms with Crippen LogP contribution in [0.15, 0.2) is 16.9 Å².